The Kier molecular flexibility index (Phi) is 6.42. The lowest BCUT2D eigenvalue weighted by Gasteiger charge is -2.08. The van der Waals surface area contributed by atoms with Crippen molar-refractivity contribution in [2.24, 2.45) is 0 Å². The molecule has 0 aliphatic heterocycles. The zero-order valence-corrected chi connectivity index (χ0v) is 14.1. The maximum atomic E-state index is 13.8. The average Bonchev–Trinajstić information content (AvgIpc) is 2.53. The molecule has 0 heterocycles. The van der Waals surface area contributed by atoms with Crippen molar-refractivity contribution in [2.75, 3.05) is 11.1 Å². The predicted octanol–water partition coefficient (Wildman–Crippen LogP) is 5.76. The van der Waals surface area contributed by atoms with Gasteiger partial charge >= 0.3 is 0 Å². The molecule has 0 bridgehead atoms. The zero-order chi connectivity index (χ0) is 16.8. The van der Waals surface area contributed by atoms with E-state index in [4.69, 9.17) is 11.6 Å². The molecule has 0 saturated heterocycles. The molecule has 23 heavy (non-hydrogen) atoms. The van der Waals surface area contributed by atoms with Crippen molar-refractivity contribution in [1.82, 2.24) is 0 Å². The number of hydrogen-bond acceptors (Lipinski definition) is 2. The molecule has 0 aliphatic rings. The molecule has 2 aromatic rings. The van der Waals surface area contributed by atoms with Gasteiger partial charge in [0.15, 0.2) is 0 Å². The first-order chi connectivity index (χ1) is 11.0. The molecule has 1 N–H and O–H groups in total. The van der Waals surface area contributed by atoms with Crippen molar-refractivity contribution in [3.05, 3.63) is 58.6 Å². The van der Waals surface area contributed by atoms with Gasteiger partial charge in [-0.1, -0.05) is 24.9 Å². The van der Waals surface area contributed by atoms with E-state index in [-0.39, 0.29) is 10.8 Å². The molecule has 0 saturated carbocycles. The smallest absolute Gasteiger partial charge is 0.255 e. The number of benzene rings is 2. The van der Waals surface area contributed by atoms with Crippen molar-refractivity contribution in [2.45, 2.75) is 24.7 Å². The van der Waals surface area contributed by atoms with Gasteiger partial charge in [-0.15, -0.1) is 11.8 Å². The molecule has 0 fully saturated rings. The number of unbranched alkanes of at least 4 members (excludes halogenated alkanes) is 1. The van der Waals surface area contributed by atoms with E-state index in [1.807, 2.05) is 0 Å². The quantitative estimate of drug-likeness (QED) is 0.527. The Morgan fingerprint density at radius 3 is 2.61 bits per heavy atom. The monoisotopic (exact) mass is 355 g/mol. The van der Waals surface area contributed by atoms with Crippen LogP contribution in [0.2, 0.25) is 5.02 Å². The Labute approximate surface area is 143 Å². The Hall–Kier alpha value is -1.59. The minimum absolute atomic E-state index is 0.0716. The van der Waals surface area contributed by atoms with E-state index in [0.29, 0.717) is 16.1 Å². The molecule has 0 radical (unpaired) electrons. The van der Waals surface area contributed by atoms with Crippen LogP contribution in [-0.2, 0) is 0 Å². The maximum Gasteiger partial charge on any atom is 0.255 e. The summed E-state index contributed by atoms with van der Waals surface area (Å²) in [6.45, 7) is 2.06. The van der Waals surface area contributed by atoms with Crippen LogP contribution in [0.15, 0.2) is 41.3 Å². The highest BCUT2D eigenvalue weighted by Gasteiger charge is 2.11. The van der Waals surface area contributed by atoms with Gasteiger partial charge < -0.3 is 5.32 Å². The number of carbonyl (C=O) groups excluding carboxylic acids is 1. The van der Waals surface area contributed by atoms with Crippen LogP contribution in [-0.4, -0.2) is 11.7 Å². The molecule has 6 heteroatoms. The second-order valence-corrected chi connectivity index (χ2v) is 6.47. The summed E-state index contributed by atoms with van der Waals surface area (Å²) in [6.07, 6.45) is 2.01. The van der Waals surface area contributed by atoms with E-state index in [1.165, 1.54) is 48.2 Å². The number of nitrogens with one attached hydrogen (secondary N) is 1. The van der Waals surface area contributed by atoms with E-state index in [9.17, 15) is 13.6 Å². The van der Waals surface area contributed by atoms with Gasteiger partial charge in [0.2, 0.25) is 0 Å². The van der Waals surface area contributed by atoms with Gasteiger partial charge in [0, 0.05) is 16.1 Å². The third-order valence-electron chi connectivity index (χ3n) is 3.13. The first-order valence-electron chi connectivity index (χ1n) is 7.20. The summed E-state index contributed by atoms with van der Waals surface area (Å²) in [5.74, 6) is -0.495. The lowest BCUT2D eigenvalue weighted by Crippen LogP contribution is -2.12. The van der Waals surface area contributed by atoms with Gasteiger partial charge in [-0.2, -0.15) is 0 Å². The fraction of sp³-hybridized carbons (Fsp3) is 0.235. The minimum atomic E-state index is -0.555. The molecule has 0 spiro atoms. The highest BCUT2D eigenvalue weighted by atomic mass is 35.5. The van der Waals surface area contributed by atoms with Gasteiger partial charge in [0.1, 0.15) is 11.6 Å². The van der Waals surface area contributed by atoms with Crippen LogP contribution in [0.25, 0.3) is 0 Å². The number of halogens is 3. The second-order valence-electron chi connectivity index (χ2n) is 4.93. The van der Waals surface area contributed by atoms with E-state index in [2.05, 4.69) is 12.2 Å². The average molecular weight is 356 g/mol. The van der Waals surface area contributed by atoms with Crippen molar-refractivity contribution in [1.29, 1.82) is 0 Å². The van der Waals surface area contributed by atoms with E-state index < -0.39 is 11.7 Å². The van der Waals surface area contributed by atoms with Crippen molar-refractivity contribution in [3.63, 3.8) is 0 Å². The number of amides is 1. The number of anilines is 1. The lowest BCUT2D eigenvalue weighted by molar-refractivity contribution is 0.102. The fourth-order valence-electron chi connectivity index (χ4n) is 1.86. The molecular weight excluding hydrogens is 340 g/mol. The van der Waals surface area contributed by atoms with E-state index in [1.54, 1.807) is 0 Å². The molecule has 1 amide bonds. The van der Waals surface area contributed by atoms with Crippen LogP contribution in [0, 0.1) is 11.6 Å². The van der Waals surface area contributed by atoms with E-state index in [0.717, 1.165) is 18.6 Å². The molecular formula is C17H16ClF2NOS. The summed E-state index contributed by atoms with van der Waals surface area (Å²) >= 11 is 7.07. The Balaban J connectivity index is 2.12. The van der Waals surface area contributed by atoms with Crippen LogP contribution in [0.1, 0.15) is 30.1 Å². The summed E-state index contributed by atoms with van der Waals surface area (Å²) in [5, 5.41) is 2.55. The van der Waals surface area contributed by atoms with Gasteiger partial charge in [-0.3, -0.25) is 4.79 Å². The molecule has 2 rings (SSSR count). The number of carbonyl (C=O) groups is 1. The zero-order valence-electron chi connectivity index (χ0n) is 12.5. The summed E-state index contributed by atoms with van der Waals surface area (Å²) in [4.78, 5) is 12.7. The highest BCUT2D eigenvalue weighted by molar-refractivity contribution is 7.99. The SMILES string of the molecule is CCCCSc1cc(C(=O)Nc2ccc(F)c(Cl)c2)ccc1F. The Morgan fingerprint density at radius 2 is 1.91 bits per heavy atom. The first kappa shape index (κ1) is 17.8. The number of rotatable bonds is 6. The first-order valence-corrected chi connectivity index (χ1v) is 8.56. The third kappa shape index (κ3) is 4.94. The largest absolute Gasteiger partial charge is 0.322 e. The molecule has 0 aromatic heterocycles. The Morgan fingerprint density at radius 1 is 1.17 bits per heavy atom. The van der Waals surface area contributed by atoms with Crippen LogP contribution >= 0.6 is 23.4 Å². The van der Waals surface area contributed by atoms with Crippen LogP contribution in [0.4, 0.5) is 14.5 Å². The van der Waals surface area contributed by atoms with Crippen molar-refractivity contribution < 1.29 is 13.6 Å². The lowest BCUT2D eigenvalue weighted by atomic mass is 10.2. The van der Waals surface area contributed by atoms with Crippen LogP contribution < -0.4 is 5.32 Å². The number of hydrogen-bond donors (Lipinski definition) is 1. The summed E-state index contributed by atoms with van der Waals surface area (Å²) in [5.41, 5.74) is 0.719. The molecule has 2 nitrogen and oxygen atoms in total. The summed E-state index contributed by atoms with van der Waals surface area (Å²) < 4.78 is 26.9. The van der Waals surface area contributed by atoms with Crippen molar-refractivity contribution >= 4 is 35.0 Å². The fourth-order valence-corrected chi connectivity index (χ4v) is 3.11. The molecule has 2 aromatic carbocycles. The standard InChI is InChI=1S/C17H16ClF2NOS/c1-2-3-8-23-16-9-11(4-6-15(16)20)17(22)21-12-5-7-14(19)13(18)10-12/h4-7,9-10H,2-3,8H2,1H3,(H,21,22). The Bertz CT molecular complexity index is 709. The topological polar surface area (TPSA) is 29.1 Å². The van der Waals surface area contributed by atoms with Crippen LogP contribution in [0.5, 0.6) is 0 Å². The number of thioether (sulfide) groups is 1. The molecule has 0 aliphatic carbocycles. The maximum absolute atomic E-state index is 13.8. The summed E-state index contributed by atoms with van der Waals surface area (Å²) in [7, 11) is 0. The predicted molar refractivity (Wildman–Crippen MR) is 91.4 cm³/mol. The van der Waals surface area contributed by atoms with Gasteiger partial charge in [0.05, 0.1) is 5.02 Å². The summed E-state index contributed by atoms with van der Waals surface area (Å²) in [6, 6.07) is 8.14. The molecule has 0 unspecified atom stereocenters. The van der Waals surface area contributed by atoms with Crippen molar-refractivity contribution in [3.8, 4) is 0 Å². The third-order valence-corrected chi connectivity index (χ3v) is 4.53. The van der Waals surface area contributed by atoms with Gasteiger partial charge in [0.25, 0.3) is 5.91 Å². The van der Waals surface area contributed by atoms with Gasteiger partial charge in [-0.25, -0.2) is 8.78 Å². The molecule has 122 valence electrons. The van der Waals surface area contributed by atoms with E-state index >= 15 is 0 Å². The van der Waals surface area contributed by atoms with Crippen LogP contribution in [0.3, 0.4) is 0 Å². The normalized spacial score (nSPS) is 10.6. The highest BCUT2D eigenvalue weighted by Crippen LogP contribution is 2.25. The minimum Gasteiger partial charge on any atom is -0.322 e. The second kappa shape index (κ2) is 8.31. The molecule has 0 atom stereocenters. The van der Waals surface area contributed by atoms with Gasteiger partial charge in [-0.05, 0) is 48.6 Å².